The number of ether oxygens (including phenoxy) is 1. The number of hydrogen-bond donors (Lipinski definition) is 1. The number of amides is 3. The van der Waals surface area contributed by atoms with Crippen LogP contribution < -0.4 is 5.32 Å². The lowest BCUT2D eigenvalue weighted by Gasteiger charge is -2.34. The van der Waals surface area contributed by atoms with E-state index >= 15 is 0 Å². The van der Waals surface area contributed by atoms with E-state index in [-0.39, 0.29) is 25.1 Å². The molecule has 26 heavy (non-hydrogen) atoms. The minimum Gasteiger partial charge on any atom is -0.456 e. The van der Waals surface area contributed by atoms with Crippen LogP contribution in [0.5, 0.6) is 0 Å². The van der Waals surface area contributed by atoms with Gasteiger partial charge in [0.05, 0.1) is 17.3 Å². The fraction of sp³-hybridized carbons (Fsp3) is 0.421. The van der Waals surface area contributed by atoms with Gasteiger partial charge in [0.25, 0.3) is 0 Å². The Hall–Kier alpha value is -2.83. The summed E-state index contributed by atoms with van der Waals surface area (Å²) in [5.74, 6) is -0.534. The van der Waals surface area contributed by atoms with E-state index in [4.69, 9.17) is 4.74 Å². The normalized spacial score (nSPS) is 22.8. The predicted molar refractivity (Wildman–Crippen MR) is 92.8 cm³/mol. The maximum Gasteiger partial charge on any atom is 0.338 e. The summed E-state index contributed by atoms with van der Waals surface area (Å²) in [7, 11) is 0. The molecule has 0 spiro atoms. The highest BCUT2D eigenvalue weighted by Gasteiger charge is 2.43. The molecule has 3 heterocycles. The summed E-state index contributed by atoms with van der Waals surface area (Å²) in [5.41, 5.74) is 1.73. The number of piperidine rings is 1. The summed E-state index contributed by atoms with van der Waals surface area (Å²) in [6.45, 7) is 1.41. The van der Waals surface area contributed by atoms with Crippen molar-refractivity contribution in [2.75, 3.05) is 26.2 Å². The third kappa shape index (κ3) is 2.94. The number of cyclic esters (lactones) is 1. The highest BCUT2D eigenvalue weighted by Crippen LogP contribution is 2.34. The molecule has 4 rings (SSSR count). The standard InChI is InChI=1S/C19H21N3O4/c23-15(21-9-5-2-6-10-21)11-22-14-12-26-18(24)16(14)17(20-19(22)25)13-7-3-1-4-8-13/h1,3-4,7-8,17H,2,5-6,9-12H2,(H,20,25). The van der Waals surface area contributed by atoms with Crippen LogP contribution in [0.3, 0.4) is 0 Å². The van der Waals surface area contributed by atoms with E-state index in [0.29, 0.717) is 11.3 Å². The summed E-state index contributed by atoms with van der Waals surface area (Å²) in [4.78, 5) is 40.7. The van der Waals surface area contributed by atoms with Crippen molar-refractivity contribution in [3.63, 3.8) is 0 Å². The molecule has 1 aromatic carbocycles. The number of carbonyl (C=O) groups excluding carboxylic acids is 3. The molecule has 3 aliphatic heterocycles. The molecule has 3 aliphatic rings. The Morgan fingerprint density at radius 2 is 1.85 bits per heavy atom. The van der Waals surface area contributed by atoms with Crippen LogP contribution in [-0.4, -0.2) is 53.9 Å². The van der Waals surface area contributed by atoms with Gasteiger partial charge in [-0.3, -0.25) is 9.69 Å². The monoisotopic (exact) mass is 355 g/mol. The van der Waals surface area contributed by atoms with E-state index in [0.717, 1.165) is 37.9 Å². The van der Waals surface area contributed by atoms with Gasteiger partial charge in [-0.05, 0) is 24.8 Å². The summed E-state index contributed by atoms with van der Waals surface area (Å²) in [6.07, 6.45) is 3.11. The molecule has 7 heteroatoms. The maximum absolute atomic E-state index is 12.7. The van der Waals surface area contributed by atoms with Crippen LogP contribution in [0.15, 0.2) is 41.6 Å². The number of hydrogen-bond acceptors (Lipinski definition) is 4. The number of esters is 1. The maximum atomic E-state index is 12.7. The number of likely N-dealkylation sites (tertiary alicyclic amines) is 1. The average molecular weight is 355 g/mol. The molecule has 1 aromatic rings. The van der Waals surface area contributed by atoms with E-state index in [1.807, 2.05) is 30.3 Å². The van der Waals surface area contributed by atoms with Crippen LogP contribution >= 0.6 is 0 Å². The largest absolute Gasteiger partial charge is 0.456 e. The molecule has 0 saturated carbocycles. The number of benzene rings is 1. The lowest BCUT2D eigenvalue weighted by Crippen LogP contribution is -2.51. The zero-order valence-electron chi connectivity index (χ0n) is 14.4. The molecule has 3 amide bonds. The van der Waals surface area contributed by atoms with Crippen LogP contribution in [0.1, 0.15) is 30.9 Å². The molecule has 1 fully saturated rings. The highest BCUT2D eigenvalue weighted by molar-refractivity contribution is 5.98. The lowest BCUT2D eigenvalue weighted by atomic mass is 9.96. The highest BCUT2D eigenvalue weighted by atomic mass is 16.5. The summed E-state index contributed by atoms with van der Waals surface area (Å²) in [5, 5.41) is 2.85. The minimum absolute atomic E-state index is 0.0260. The van der Waals surface area contributed by atoms with Crippen molar-refractivity contribution in [2.24, 2.45) is 0 Å². The molecule has 1 atom stereocenters. The lowest BCUT2D eigenvalue weighted by molar-refractivity contribution is -0.136. The van der Waals surface area contributed by atoms with Crippen LogP contribution in [0.2, 0.25) is 0 Å². The van der Waals surface area contributed by atoms with Gasteiger partial charge in [-0.2, -0.15) is 0 Å². The Balaban J connectivity index is 1.61. The topological polar surface area (TPSA) is 79.0 Å². The summed E-state index contributed by atoms with van der Waals surface area (Å²) in [6, 6.07) is 8.38. The van der Waals surface area contributed by atoms with Crippen molar-refractivity contribution in [1.82, 2.24) is 15.1 Å². The van der Waals surface area contributed by atoms with Crippen molar-refractivity contribution >= 4 is 17.9 Å². The molecular weight excluding hydrogens is 334 g/mol. The van der Waals surface area contributed by atoms with Crippen molar-refractivity contribution in [3.05, 3.63) is 47.2 Å². The second kappa shape index (κ2) is 6.82. The van der Waals surface area contributed by atoms with Gasteiger partial charge in [-0.15, -0.1) is 0 Å². The predicted octanol–water partition coefficient (Wildman–Crippen LogP) is 1.58. The molecule has 136 valence electrons. The number of rotatable bonds is 3. The molecule has 1 unspecified atom stereocenters. The first-order valence-electron chi connectivity index (χ1n) is 8.96. The van der Waals surface area contributed by atoms with Crippen molar-refractivity contribution < 1.29 is 19.1 Å². The Kier molecular flexibility index (Phi) is 4.36. The molecule has 7 nitrogen and oxygen atoms in total. The van der Waals surface area contributed by atoms with Gasteiger partial charge >= 0.3 is 12.0 Å². The number of nitrogens with one attached hydrogen (secondary N) is 1. The second-order valence-electron chi connectivity index (χ2n) is 6.76. The molecule has 0 bridgehead atoms. The molecule has 0 aromatic heterocycles. The van der Waals surface area contributed by atoms with Crippen molar-refractivity contribution in [1.29, 1.82) is 0 Å². The fourth-order valence-corrected chi connectivity index (χ4v) is 3.75. The number of carbonyl (C=O) groups is 3. The van der Waals surface area contributed by atoms with Gasteiger partial charge in [0.15, 0.2) is 0 Å². The zero-order chi connectivity index (χ0) is 18.1. The van der Waals surface area contributed by atoms with Gasteiger partial charge < -0.3 is 15.0 Å². The zero-order valence-corrected chi connectivity index (χ0v) is 14.4. The van der Waals surface area contributed by atoms with E-state index in [1.165, 1.54) is 4.90 Å². The SMILES string of the molecule is O=C1OCC2=C1C(c1ccccc1)NC(=O)N2CC(=O)N1CCCCC1. The number of urea groups is 1. The first-order valence-corrected chi connectivity index (χ1v) is 8.96. The third-order valence-corrected chi connectivity index (χ3v) is 5.13. The van der Waals surface area contributed by atoms with Crippen molar-refractivity contribution in [2.45, 2.75) is 25.3 Å². The van der Waals surface area contributed by atoms with E-state index in [9.17, 15) is 14.4 Å². The Labute approximate surface area is 151 Å². The molecule has 1 N–H and O–H groups in total. The van der Waals surface area contributed by atoms with E-state index < -0.39 is 12.0 Å². The molecule has 0 radical (unpaired) electrons. The first kappa shape index (κ1) is 16.6. The fourth-order valence-electron chi connectivity index (χ4n) is 3.75. The van der Waals surface area contributed by atoms with E-state index in [1.54, 1.807) is 4.90 Å². The Bertz CT molecular complexity index is 768. The quantitative estimate of drug-likeness (QED) is 0.835. The first-order chi connectivity index (χ1) is 12.6. The molecule has 0 aliphatic carbocycles. The van der Waals surface area contributed by atoms with Crippen molar-refractivity contribution in [3.8, 4) is 0 Å². The third-order valence-electron chi connectivity index (χ3n) is 5.13. The van der Waals surface area contributed by atoms with Gasteiger partial charge in [0.1, 0.15) is 13.2 Å². The van der Waals surface area contributed by atoms with Crippen LogP contribution in [0.25, 0.3) is 0 Å². The van der Waals surface area contributed by atoms with Crippen LogP contribution in [0, 0.1) is 0 Å². The van der Waals surface area contributed by atoms with E-state index in [2.05, 4.69) is 5.32 Å². The van der Waals surface area contributed by atoms with Gasteiger partial charge in [-0.25, -0.2) is 9.59 Å². The second-order valence-corrected chi connectivity index (χ2v) is 6.76. The molecule has 1 saturated heterocycles. The van der Waals surface area contributed by atoms with Gasteiger partial charge in [0, 0.05) is 13.1 Å². The summed E-state index contributed by atoms with van der Waals surface area (Å²) >= 11 is 0. The molecular formula is C19H21N3O4. The van der Waals surface area contributed by atoms with Gasteiger partial charge in [-0.1, -0.05) is 30.3 Å². The summed E-state index contributed by atoms with van der Waals surface area (Å²) < 4.78 is 5.19. The van der Waals surface area contributed by atoms with Crippen LogP contribution in [0.4, 0.5) is 4.79 Å². The number of nitrogens with zero attached hydrogens (tertiary/aromatic N) is 2. The Morgan fingerprint density at radius 1 is 1.12 bits per heavy atom. The van der Waals surface area contributed by atoms with Crippen LogP contribution in [-0.2, 0) is 14.3 Å². The average Bonchev–Trinajstić information content (AvgIpc) is 3.07. The minimum atomic E-state index is -0.546. The van der Waals surface area contributed by atoms with Gasteiger partial charge in [0.2, 0.25) is 5.91 Å². The Morgan fingerprint density at radius 3 is 2.58 bits per heavy atom. The smallest absolute Gasteiger partial charge is 0.338 e.